The maximum Gasteiger partial charge on any atom is 0.245 e. The predicted octanol–water partition coefficient (Wildman–Crippen LogP) is 3.81. The monoisotopic (exact) mass is 289 g/mol. The van der Waals surface area contributed by atoms with Crippen LogP contribution in [0.5, 0.6) is 11.6 Å². The first-order valence-electron chi connectivity index (χ1n) is 4.46. The Labute approximate surface area is 112 Å². The minimum Gasteiger partial charge on any atom is -0.435 e. The van der Waals surface area contributed by atoms with Crippen LogP contribution in [-0.4, -0.2) is 9.97 Å². The van der Waals surface area contributed by atoms with Crippen molar-refractivity contribution < 1.29 is 4.74 Å². The summed E-state index contributed by atoms with van der Waals surface area (Å²) in [6.07, 6.45) is 2.74. The van der Waals surface area contributed by atoms with Gasteiger partial charge in [-0.25, -0.2) is 4.98 Å². The van der Waals surface area contributed by atoms with E-state index in [0.717, 1.165) is 0 Å². The Kier molecular flexibility index (Phi) is 3.57. The molecular formula is C10H6Cl3N3O. The number of nitrogens with two attached hydrogens (primary N) is 1. The van der Waals surface area contributed by atoms with Gasteiger partial charge in [-0.05, 0) is 6.07 Å². The van der Waals surface area contributed by atoms with E-state index in [0.29, 0.717) is 26.5 Å². The molecule has 0 saturated heterocycles. The maximum absolute atomic E-state index is 5.95. The quantitative estimate of drug-likeness (QED) is 0.854. The molecule has 4 nitrogen and oxygen atoms in total. The fraction of sp³-hybridized carbons (Fsp3) is 0. The van der Waals surface area contributed by atoms with Crippen LogP contribution < -0.4 is 10.5 Å². The molecular weight excluding hydrogens is 284 g/mol. The molecule has 2 rings (SSSR count). The van der Waals surface area contributed by atoms with Gasteiger partial charge in [0, 0.05) is 6.07 Å². The maximum atomic E-state index is 5.95. The second-order valence-corrected chi connectivity index (χ2v) is 4.30. The molecule has 0 aliphatic heterocycles. The molecule has 1 aromatic carbocycles. The third-order valence-corrected chi connectivity index (χ3v) is 2.90. The number of nitrogens with zero attached hydrogens (tertiary/aromatic N) is 2. The first-order chi connectivity index (χ1) is 8.08. The number of benzene rings is 1. The zero-order chi connectivity index (χ0) is 12.4. The van der Waals surface area contributed by atoms with E-state index >= 15 is 0 Å². The van der Waals surface area contributed by atoms with Gasteiger partial charge in [0.25, 0.3) is 0 Å². The Morgan fingerprint density at radius 2 is 1.76 bits per heavy atom. The number of hydrogen-bond donors (Lipinski definition) is 1. The van der Waals surface area contributed by atoms with Crippen molar-refractivity contribution in [1.29, 1.82) is 0 Å². The molecule has 0 spiro atoms. The standard InChI is InChI=1S/C10H6Cl3N3O/c11-5-1-7(13)9(2-6(5)12)17-10-8(14)3-15-4-16-10/h1-4H,14H2. The van der Waals surface area contributed by atoms with E-state index in [9.17, 15) is 0 Å². The van der Waals surface area contributed by atoms with Gasteiger partial charge in [0.15, 0.2) is 0 Å². The SMILES string of the molecule is Nc1cncnc1Oc1cc(Cl)c(Cl)cc1Cl. The molecule has 2 N–H and O–H groups in total. The zero-order valence-electron chi connectivity index (χ0n) is 8.32. The molecule has 0 unspecified atom stereocenters. The minimum atomic E-state index is 0.209. The minimum absolute atomic E-state index is 0.209. The van der Waals surface area contributed by atoms with E-state index in [1.165, 1.54) is 24.7 Å². The summed E-state index contributed by atoms with van der Waals surface area (Å²) in [5.74, 6) is 0.534. The lowest BCUT2D eigenvalue weighted by Crippen LogP contribution is -1.96. The predicted molar refractivity (Wildman–Crippen MR) is 68.0 cm³/mol. The third kappa shape index (κ3) is 2.72. The lowest BCUT2D eigenvalue weighted by molar-refractivity contribution is 0.464. The highest BCUT2D eigenvalue weighted by atomic mass is 35.5. The molecule has 0 aliphatic rings. The average Bonchev–Trinajstić information content (AvgIpc) is 2.29. The summed E-state index contributed by atoms with van der Waals surface area (Å²) in [4.78, 5) is 7.62. The van der Waals surface area contributed by atoms with Gasteiger partial charge < -0.3 is 10.5 Å². The van der Waals surface area contributed by atoms with Crippen molar-refractivity contribution in [2.24, 2.45) is 0 Å². The van der Waals surface area contributed by atoms with Crippen molar-refractivity contribution in [3.05, 3.63) is 39.7 Å². The van der Waals surface area contributed by atoms with E-state index in [-0.39, 0.29) is 5.88 Å². The Morgan fingerprint density at radius 3 is 2.47 bits per heavy atom. The second-order valence-electron chi connectivity index (χ2n) is 3.08. The highest BCUT2D eigenvalue weighted by Gasteiger charge is 2.10. The highest BCUT2D eigenvalue weighted by Crippen LogP contribution is 2.36. The first kappa shape index (κ1) is 12.2. The lowest BCUT2D eigenvalue weighted by Gasteiger charge is -2.09. The van der Waals surface area contributed by atoms with E-state index in [1.807, 2.05) is 0 Å². The summed E-state index contributed by atoms with van der Waals surface area (Å²) in [7, 11) is 0. The molecule has 2 aromatic rings. The molecule has 0 fully saturated rings. The number of rotatable bonds is 2. The fourth-order valence-electron chi connectivity index (χ4n) is 1.10. The van der Waals surface area contributed by atoms with Gasteiger partial charge in [0.1, 0.15) is 17.8 Å². The van der Waals surface area contributed by atoms with Gasteiger partial charge in [-0.1, -0.05) is 34.8 Å². The van der Waals surface area contributed by atoms with Crippen LogP contribution in [-0.2, 0) is 0 Å². The normalized spacial score (nSPS) is 10.3. The van der Waals surface area contributed by atoms with Crippen LogP contribution in [0, 0.1) is 0 Å². The molecule has 7 heteroatoms. The van der Waals surface area contributed by atoms with Crippen LogP contribution in [0.1, 0.15) is 0 Å². The van der Waals surface area contributed by atoms with Gasteiger partial charge >= 0.3 is 0 Å². The molecule has 0 amide bonds. The second kappa shape index (κ2) is 4.96. The van der Waals surface area contributed by atoms with Crippen molar-refractivity contribution in [1.82, 2.24) is 9.97 Å². The van der Waals surface area contributed by atoms with Crippen molar-refractivity contribution in [3.63, 3.8) is 0 Å². The fourth-order valence-corrected chi connectivity index (χ4v) is 1.68. The molecule has 0 atom stereocenters. The summed E-state index contributed by atoms with van der Waals surface area (Å²) in [5, 5.41) is 0.996. The molecule has 1 aromatic heterocycles. The summed E-state index contributed by atoms with van der Waals surface area (Å²) >= 11 is 17.6. The Morgan fingerprint density at radius 1 is 1.06 bits per heavy atom. The topological polar surface area (TPSA) is 61.0 Å². The van der Waals surface area contributed by atoms with Gasteiger partial charge in [0.05, 0.1) is 21.3 Å². The zero-order valence-corrected chi connectivity index (χ0v) is 10.6. The third-order valence-electron chi connectivity index (χ3n) is 1.88. The van der Waals surface area contributed by atoms with Crippen LogP contribution in [0.25, 0.3) is 0 Å². The smallest absolute Gasteiger partial charge is 0.245 e. The number of hydrogen-bond acceptors (Lipinski definition) is 4. The Hall–Kier alpha value is -1.23. The number of aromatic nitrogens is 2. The molecule has 0 aliphatic carbocycles. The van der Waals surface area contributed by atoms with E-state index in [2.05, 4.69) is 9.97 Å². The van der Waals surface area contributed by atoms with E-state index < -0.39 is 0 Å². The van der Waals surface area contributed by atoms with E-state index in [1.54, 1.807) is 0 Å². The van der Waals surface area contributed by atoms with Gasteiger partial charge in [-0.3, -0.25) is 0 Å². The van der Waals surface area contributed by atoms with Crippen molar-refractivity contribution in [2.75, 3.05) is 5.73 Å². The average molecular weight is 291 g/mol. The molecule has 0 radical (unpaired) electrons. The van der Waals surface area contributed by atoms with Crippen LogP contribution in [0.4, 0.5) is 5.69 Å². The molecule has 88 valence electrons. The summed E-state index contributed by atoms with van der Waals surface area (Å²) in [5.41, 5.74) is 5.93. The van der Waals surface area contributed by atoms with Gasteiger partial charge in [0.2, 0.25) is 5.88 Å². The number of halogens is 3. The molecule has 1 heterocycles. The number of ether oxygens (including phenoxy) is 1. The summed E-state index contributed by atoms with van der Waals surface area (Å²) < 4.78 is 5.42. The van der Waals surface area contributed by atoms with Crippen LogP contribution in [0.3, 0.4) is 0 Å². The van der Waals surface area contributed by atoms with Gasteiger partial charge in [-0.2, -0.15) is 4.98 Å². The van der Waals surface area contributed by atoms with Crippen molar-refractivity contribution >= 4 is 40.5 Å². The number of anilines is 1. The molecule has 17 heavy (non-hydrogen) atoms. The highest BCUT2D eigenvalue weighted by molar-refractivity contribution is 6.43. The summed E-state index contributed by atoms with van der Waals surface area (Å²) in [6.45, 7) is 0. The lowest BCUT2D eigenvalue weighted by atomic mass is 10.3. The van der Waals surface area contributed by atoms with Crippen molar-refractivity contribution in [2.45, 2.75) is 0 Å². The van der Waals surface area contributed by atoms with Crippen molar-refractivity contribution in [3.8, 4) is 11.6 Å². The van der Waals surface area contributed by atoms with Crippen LogP contribution in [0.2, 0.25) is 15.1 Å². The molecule has 0 saturated carbocycles. The Balaban J connectivity index is 2.37. The number of nitrogen functional groups attached to an aromatic ring is 1. The van der Waals surface area contributed by atoms with Crippen LogP contribution in [0.15, 0.2) is 24.7 Å². The first-order valence-corrected chi connectivity index (χ1v) is 5.59. The largest absolute Gasteiger partial charge is 0.435 e. The van der Waals surface area contributed by atoms with Crippen LogP contribution >= 0.6 is 34.8 Å². The van der Waals surface area contributed by atoms with E-state index in [4.69, 9.17) is 45.3 Å². The molecule has 0 bridgehead atoms. The Bertz CT molecular complexity index is 562. The summed E-state index contributed by atoms with van der Waals surface area (Å²) in [6, 6.07) is 2.98. The van der Waals surface area contributed by atoms with Gasteiger partial charge in [-0.15, -0.1) is 0 Å².